The SMILES string of the molecule is COC(=O)Nc1cc(C2CC(=O)NC(c3ccccc3Cl)C2)ccn1. The Labute approximate surface area is 150 Å². The molecule has 2 N–H and O–H groups in total. The quantitative estimate of drug-likeness (QED) is 0.876. The molecular formula is C18H18ClN3O3. The monoisotopic (exact) mass is 359 g/mol. The van der Waals surface area contributed by atoms with E-state index in [1.807, 2.05) is 30.3 Å². The molecule has 1 fully saturated rings. The molecule has 2 aromatic rings. The minimum absolute atomic E-state index is 0.0104. The van der Waals surface area contributed by atoms with Gasteiger partial charge in [-0.2, -0.15) is 0 Å². The molecule has 0 bridgehead atoms. The zero-order chi connectivity index (χ0) is 17.8. The third-order valence-corrected chi connectivity index (χ3v) is 4.58. The molecule has 1 aliphatic heterocycles. The molecule has 7 heteroatoms. The van der Waals surface area contributed by atoms with Gasteiger partial charge in [0.25, 0.3) is 0 Å². The summed E-state index contributed by atoms with van der Waals surface area (Å²) in [4.78, 5) is 27.6. The van der Waals surface area contributed by atoms with Crippen LogP contribution in [-0.4, -0.2) is 24.1 Å². The van der Waals surface area contributed by atoms with Gasteiger partial charge in [-0.3, -0.25) is 10.1 Å². The second kappa shape index (κ2) is 7.53. The summed E-state index contributed by atoms with van der Waals surface area (Å²) < 4.78 is 4.58. The van der Waals surface area contributed by atoms with E-state index in [1.54, 1.807) is 12.3 Å². The smallest absolute Gasteiger partial charge is 0.412 e. The standard InChI is InChI=1S/C18H18ClN3O3/c1-25-18(24)22-16-9-11(6-7-20-16)12-8-15(21-17(23)10-12)13-4-2-3-5-14(13)19/h2-7,9,12,15H,8,10H2,1H3,(H,21,23)(H,20,22,24). The molecule has 1 saturated heterocycles. The lowest BCUT2D eigenvalue weighted by Crippen LogP contribution is -2.36. The van der Waals surface area contributed by atoms with Crippen LogP contribution in [0.25, 0.3) is 0 Å². The summed E-state index contributed by atoms with van der Waals surface area (Å²) in [6.07, 6.45) is 2.12. The topological polar surface area (TPSA) is 80.3 Å². The number of nitrogens with zero attached hydrogens (tertiary/aromatic N) is 1. The van der Waals surface area contributed by atoms with Crippen molar-refractivity contribution in [1.29, 1.82) is 0 Å². The molecule has 0 aliphatic carbocycles. The predicted molar refractivity (Wildman–Crippen MR) is 94.6 cm³/mol. The lowest BCUT2D eigenvalue weighted by atomic mass is 9.84. The molecule has 2 heterocycles. The van der Waals surface area contributed by atoms with Gasteiger partial charge in [0.05, 0.1) is 13.2 Å². The Morgan fingerprint density at radius 3 is 2.92 bits per heavy atom. The Morgan fingerprint density at radius 1 is 1.36 bits per heavy atom. The van der Waals surface area contributed by atoms with Gasteiger partial charge in [-0.05, 0) is 41.7 Å². The fraction of sp³-hybridized carbons (Fsp3) is 0.278. The van der Waals surface area contributed by atoms with E-state index in [-0.39, 0.29) is 17.9 Å². The average molecular weight is 360 g/mol. The van der Waals surface area contributed by atoms with Crippen LogP contribution in [0.1, 0.15) is 35.9 Å². The van der Waals surface area contributed by atoms with E-state index in [9.17, 15) is 9.59 Å². The van der Waals surface area contributed by atoms with Crippen molar-refractivity contribution in [3.8, 4) is 0 Å². The maximum atomic E-state index is 12.2. The second-order valence-electron chi connectivity index (χ2n) is 5.87. The first-order valence-corrected chi connectivity index (χ1v) is 8.29. The van der Waals surface area contributed by atoms with E-state index in [0.29, 0.717) is 17.3 Å². The number of hydrogen-bond donors (Lipinski definition) is 2. The molecule has 1 aromatic carbocycles. The third-order valence-electron chi connectivity index (χ3n) is 4.24. The number of carbonyl (C=O) groups excluding carboxylic acids is 2. The number of amides is 2. The first-order chi connectivity index (χ1) is 12.1. The van der Waals surface area contributed by atoms with Gasteiger partial charge in [0.15, 0.2) is 0 Å². The molecule has 0 radical (unpaired) electrons. The highest BCUT2D eigenvalue weighted by molar-refractivity contribution is 6.31. The Bertz CT molecular complexity index is 797. The average Bonchev–Trinajstić information content (AvgIpc) is 2.61. The number of methoxy groups -OCH3 is 1. The van der Waals surface area contributed by atoms with E-state index in [2.05, 4.69) is 20.4 Å². The molecule has 25 heavy (non-hydrogen) atoms. The van der Waals surface area contributed by atoms with E-state index in [0.717, 1.165) is 17.5 Å². The van der Waals surface area contributed by atoms with Crippen molar-refractivity contribution in [2.24, 2.45) is 0 Å². The van der Waals surface area contributed by atoms with Crippen molar-refractivity contribution in [2.45, 2.75) is 24.8 Å². The highest BCUT2D eigenvalue weighted by Gasteiger charge is 2.29. The second-order valence-corrected chi connectivity index (χ2v) is 6.28. The molecule has 2 unspecified atom stereocenters. The minimum atomic E-state index is -0.583. The van der Waals surface area contributed by atoms with E-state index in [1.165, 1.54) is 7.11 Å². The van der Waals surface area contributed by atoms with Crippen molar-refractivity contribution in [3.63, 3.8) is 0 Å². The number of pyridine rings is 1. The van der Waals surface area contributed by atoms with Crippen LogP contribution in [0.5, 0.6) is 0 Å². The molecule has 1 aromatic heterocycles. The van der Waals surface area contributed by atoms with Crippen LogP contribution in [0.3, 0.4) is 0 Å². The van der Waals surface area contributed by atoms with Crippen molar-refractivity contribution in [2.75, 3.05) is 12.4 Å². The van der Waals surface area contributed by atoms with Crippen molar-refractivity contribution >= 4 is 29.4 Å². The normalized spacial score (nSPS) is 19.8. The van der Waals surface area contributed by atoms with Gasteiger partial charge in [-0.15, -0.1) is 0 Å². The molecule has 3 rings (SSSR count). The van der Waals surface area contributed by atoms with Gasteiger partial charge in [-0.1, -0.05) is 29.8 Å². The predicted octanol–water partition coefficient (Wildman–Crippen LogP) is 3.65. The first-order valence-electron chi connectivity index (χ1n) is 7.91. The fourth-order valence-corrected chi connectivity index (χ4v) is 3.31. The molecule has 6 nitrogen and oxygen atoms in total. The van der Waals surface area contributed by atoms with Crippen LogP contribution in [0, 0.1) is 0 Å². The number of rotatable bonds is 3. The van der Waals surface area contributed by atoms with Crippen molar-refractivity contribution in [1.82, 2.24) is 10.3 Å². The zero-order valence-electron chi connectivity index (χ0n) is 13.7. The van der Waals surface area contributed by atoms with Gasteiger partial charge in [0, 0.05) is 17.6 Å². The number of anilines is 1. The van der Waals surface area contributed by atoms with Gasteiger partial charge in [0.2, 0.25) is 5.91 Å². The van der Waals surface area contributed by atoms with Crippen molar-refractivity contribution < 1.29 is 14.3 Å². The number of nitrogens with one attached hydrogen (secondary N) is 2. The summed E-state index contributed by atoms with van der Waals surface area (Å²) in [5, 5.41) is 6.18. The molecule has 2 atom stereocenters. The zero-order valence-corrected chi connectivity index (χ0v) is 14.4. The summed E-state index contributed by atoms with van der Waals surface area (Å²) in [5.74, 6) is 0.376. The molecule has 2 amide bonds. The Hall–Kier alpha value is -2.60. The Balaban J connectivity index is 1.82. The largest absolute Gasteiger partial charge is 0.453 e. The number of benzene rings is 1. The lowest BCUT2D eigenvalue weighted by molar-refractivity contribution is -0.123. The maximum absolute atomic E-state index is 12.2. The number of piperidine rings is 1. The third kappa shape index (κ3) is 4.09. The van der Waals surface area contributed by atoms with Gasteiger partial charge >= 0.3 is 6.09 Å². The van der Waals surface area contributed by atoms with Crippen LogP contribution in [0.2, 0.25) is 5.02 Å². The number of halogens is 1. The number of aromatic nitrogens is 1. The van der Waals surface area contributed by atoms with E-state index in [4.69, 9.17) is 11.6 Å². The number of hydrogen-bond acceptors (Lipinski definition) is 4. The van der Waals surface area contributed by atoms with Crippen molar-refractivity contribution in [3.05, 3.63) is 58.7 Å². The van der Waals surface area contributed by atoms with Gasteiger partial charge in [-0.25, -0.2) is 9.78 Å². The van der Waals surface area contributed by atoms with Crippen LogP contribution >= 0.6 is 11.6 Å². The minimum Gasteiger partial charge on any atom is -0.453 e. The first kappa shape index (κ1) is 17.2. The molecule has 130 valence electrons. The Kier molecular flexibility index (Phi) is 5.19. The highest BCUT2D eigenvalue weighted by atomic mass is 35.5. The highest BCUT2D eigenvalue weighted by Crippen LogP contribution is 2.37. The molecule has 0 saturated carbocycles. The summed E-state index contributed by atoms with van der Waals surface area (Å²) in [6.45, 7) is 0. The van der Waals surface area contributed by atoms with Crippen LogP contribution < -0.4 is 10.6 Å². The van der Waals surface area contributed by atoms with Crippen LogP contribution in [0.4, 0.5) is 10.6 Å². The summed E-state index contributed by atoms with van der Waals surface area (Å²) in [6, 6.07) is 11.0. The van der Waals surface area contributed by atoms with Crippen LogP contribution in [-0.2, 0) is 9.53 Å². The van der Waals surface area contributed by atoms with Crippen LogP contribution in [0.15, 0.2) is 42.6 Å². The lowest BCUT2D eigenvalue weighted by Gasteiger charge is -2.31. The molecule has 0 spiro atoms. The molecule has 1 aliphatic rings. The maximum Gasteiger partial charge on any atom is 0.412 e. The van der Waals surface area contributed by atoms with Gasteiger partial charge < -0.3 is 10.1 Å². The summed E-state index contributed by atoms with van der Waals surface area (Å²) in [5.41, 5.74) is 1.84. The fourth-order valence-electron chi connectivity index (χ4n) is 3.04. The molecular weight excluding hydrogens is 342 g/mol. The number of ether oxygens (including phenoxy) is 1. The van der Waals surface area contributed by atoms with Gasteiger partial charge in [0.1, 0.15) is 5.82 Å². The Morgan fingerprint density at radius 2 is 2.16 bits per heavy atom. The van der Waals surface area contributed by atoms with E-state index < -0.39 is 6.09 Å². The summed E-state index contributed by atoms with van der Waals surface area (Å²) in [7, 11) is 1.29. The number of carbonyl (C=O) groups is 2. The summed E-state index contributed by atoms with van der Waals surface area (Å²) >= 11 is 6.27. The van der Waals surface area contributed by atoms with E-state index >= 15 is 0 Å².